The second kappa shape index (κ2) is 11.3. The summed E-state index contributed by atoms with van der Waals surface area (Å²) in [4.78, 5) is 50.7. The molecule has 32 heavy (non-hydrogen) atoms. The van der Waals surface area contributed by atoms with Gasteiger partial charge in [0.1, 0.15) is 23.2 Å². The van der Waals surface area contributed by atoms with Crippen molar-refractivity contribution in [2.24, 2.45) is 11.8 Å². The van der Waals surface area contributed by atoms with Crippen molar-refractivity contribution in [3.63, 3.8) is 0 Å². The van der Waals surface area contributed by atoms with Crippen LogP contribution in [-0.2, 0) is 23.9 Å². The average Bonchev–Trinajstić information content (AvgIpc) is 3.11. The topological polar surface area (TPSA) is 123 Å². The van der Waals surface area contributed by atoms with E-state index in [2.05, 4.69) is 16.0 Å². The lowest BCUT2D eigenvalue weighted by atomic mass is 9.93. The van der Waals surface area contributed by atoms with Gasteiger partial charge in [-0.15, -0.1) is 0 Å². The van der Waals surface area contributed by atoms with Gasteiger partial charge in [-0.25, -0.2) is 9.59 Å². The van der Waals surface area contributed by atoms with Crippen LogP contribution in [0.2, 0.25) is 0 Å². The summed E-state index contributed by atoms with van der Waals surface area (Å²) in [6, 6.07) is -1.72. The molecule has 9 heteroatoms. The summed E-state index contributed by atoms with van der Waals surface area (Å²) in [5, 5.41) is 8.16. The normalized spacial score (nSPS) is 16.9. The lowest BCUT2D eigenvalue weighted by Gasteiger charge is -2.33. The maximum absolute atomic E-state index is 13.2. The van der Waals surface area contributed by atoms with Crippen LogP contribution in [0.25, 0.3) is 0 Å². The van der Waals surface area contributed by atoms with Crippen molar-refractivity contribution in [3.05, 3.63) is 12.2 Å². The Morgan fingerprint density at radius 3 is 2.00 bits per heavy atom. The molecule has 182 valence electrons. The van der Waals surface area contributed by atoms with Crippen molar-refractivity contribution >= 4 is 23.9 Å². The van der Waals surface area contributed by atoms with Gasteiger partial charge >= 0.3 is 12.1 Å². The third-order valence-electron chi connectivity index (χ3n) is 5.02. The van der Waals surface area contributed by atoms with Gasteiger partial charge in [0, 0.05) is 0 Å². The van der Waals surface area contributed by atoms with E-state index in [1.165, 1.54) is 7.11 Å². The molecule has 0 aliphatic heterocycles. The van der Waals surface area contributed by atoms with Crippen molar-refractivity contribution in [3.8, 4) is 0 Å². The third-order valence-corrected chi connectivity index (χ3v) is 5.02. The predicted octanol–water partition coefficient (Wildman–Crippen LogP) is 2.44. The molecule has 2 atom stereocenters. The number of ether oxygens (including phenoxy) is 2. The lowest BCUT2D eigenvalue weighted by Crippen LogP contribution is -2.62. The van der Waals surface area contributed by atoms with E-state index in [0.29, 0.717) is 6.42 Å². The molecule has 0 aromatic rings. The van der Waals surface area contributed by atoms with Crippen molar-refractivity contribution in [1.82, 2.24) is 16.0 Å². The number of methoxy groups -OCH3 is 1. The molecule has 0 saturated heterocycles. The van der Waals surface area contributed by atoms with Crippen LogP contribution in [-0.4, -0.2) is 54.2 Å². The van der Waals surface area contributed by atoms with Crippen molar-refractivity contribution < 1.29 is 28.7 Å². The van der Waals surface area contributed by atoms with Gasteiger partial charge in [-0.1, -0.05) is 39.8 Å². The molecule has 0 heterocycles. The zero-order valence-corrected chi connectivity index (χ0v) is 20.5. The Bertz CT molecular complexity index is 716. The SMILES string of the molecule is COC(=O)[C@H](CC(C)C)NC(=O)[C@H](NC(=O)C1(NC(=O)OC(C)(C)C)CC=CC1)C(C)C. The van der Waals surface area contributed by atoms with Gasteiger partial charge in [-0.3, -0.25) is 9.59 Å². The van der Waals surface area contributed by atoms with Crippen LogP contribution in [0.1, 0.15) is 67.7 Å². The zero-order chi connectivity index (χ0) is 24.7. The van der Waals surface area contributed by atoms with Crippen LogP contribution in [0.4, 0.5) is 4.79 Å². The highest BCUT2D eigenvalue weighted by Crippen LogP contribution is 2.25. The van der Waals surface area contributed by atoms with Crippen molar-refractivity contribution in [2.45, 2.75) is 91.0 Å². The minimum atomic E-state index is -1.24. The molecule has 1 aliphatic carbocycles. The third kappa shape index (κ3) is 8.16. The van der Waals surface area contributed by atoms with E-state index < -0.39 is 47.1 Å². The molecule has 3 N–H and O–H groups in total. The molecule has 0 unspecified atom stereocenters. The van der Waals surface area contributed by atoms with E-state index in [1.54, 1.807) is 46.8 Å². The minimum Gasteiger partial charge on any atom is -0.467 e. The van der Waals surface area contributed by atoms with E-state index in [-0.39, 0.29) is 24.7 Å². The first-order valence-corrected chi connectivity index (χ1v) is 11.1. The first-order valence-electron chi connectivity index (χ1n) is 11.1. The second-order valence-electron chi connectivity index (χ2n) is 10.00. The largest absolute Gasteiger partial charge is 0.467 e. The summed E-state index contributed by atoms with van der Waals surface area (Å²) in [7, 11) is 1.27. The molecule has 0 spiro atoms. The molecular weight excluding hydrogens is 414 g/mol. The number of esters is 1. The van der Waals surface area contributed by atoms with Crippen LogP contribution >= 0.6 is 0 Å². The maximum Gasteiger partial charge on any atom is 0.408 e. The molecule has 3 amide bonds. The number of rotatable bonds is 9. The number of nitrogens with one attached hydrogen (secondary N) is 3. The Balaban J connectivity index is 2.98. The molecule has 0 saturated carbocycles. The van der Waals surface area contributed by atoms with E-state index in [9.17, 15) is 19.2 Å². The number of alkyl carbamates (subject to hydrolysis) is 1. The number of hydrogen-bond acceptors (Lipinski definition) is 6. The van der Waals surface area contributed by atoms with E-state index in [1.807, 2.05) is 13.8 Å². The number of carbonyl (C=O) groups is 4. The Morgan fingerprint density at radius 2 is 1.56 bits per heavy atom. The highest BCUT2D eigenvalue weighted by molar-refractivity contribution is 5.95. The van der Waals surface area contributed by atoms with E-state index in [0.717, 1.165) is 0 Å². The predicted molar refractivity (Wildman–Crippen MR) is 121 cm³/mol. The van der Waals surface area contributed by atoms with Crippen molar-refractivity contribution in [1.29, 1.82) is 0 Å². The molecule has 0 fully saturated rings. The zero-order valence-electron chi connectivity index (χ0n) is 20.5. The van der Waals surface area contributed by atoms with E-state index in [4.69, 9.17) is 9.47 Å². The van der Waals surface area contributed by atoms with Gasteiger partial charge < -0.3 is 25.4 Å². The highest BCUT2D eigenvalue weighted by Gasteiger charge is 2.43. The number of carbonyl (C=O) groups excluding carboxylic acids is 4. The molecule has 9 nitrogen and oxygen atoms in total. The molecule has 0 bridgehead atoms. The van der Waals surface area contributed by atoms with Crippen LogP contribution < -0.4 is 16.0 Å². The van der Waals surface area contributed by atoms with Gasteiger partial charge in [-0.05, 0) is 51.9 Å². The fraction of sp³-hybridized carbons (Fsp3) is 0.739. The molecule has 0 aromatic heterocycles. The quantitative estimate of drug-likeness (QED) is 0.364. The van der Waals surface area contributed by atoms with Crippen LogP contribution in [0.3, 0.4) is 0 Å². The summed E-state index contributed by atoms with van der Waals surface area (Å²) in [5.74, 6) is -1.62. The van der Waals surface area contributed by atoms with Crippen LogP contribution in [0.15, 0.2) is 12.2 Å². The van der Waals surface area contributed by atoms with Gasteiger partial charge in [0.2, 0.25) is 11.8 Å². The molecule has 1 rings (SSSR count). The van der Waals surface area contributed by atoms with Gasteiger partial charge in [0.05, 0.1) is 7.11 Å². The highest BCUT2D eigenvalue weighted by atomic mass is 16.6. The Morgan fingerprint density at radius 1 is 1.00 bits per heavy atom. The Hall–Kier alpha value is -2.58. The molecule has 0 aromatic carbocycles. The fourth-order valence-corrected chi connectivity index (χ4v) is 3.40. The summed E-state index contributed by atoms with van der Waals surface area (Å²) >= 11 is 0. The van der Waals surface area contributed by atoms with E-state index >= 15 is 0 Å². The summed E-state index contributed by atoms with van der Waals surface area (Å²) < 4.78 is 10.1. The first kappa shape index (κ1) is 27.5. The van der Waals surface area contributed by atoms with Crippen LogP contribution in [0.5, 0.6) is 0 Å². The van der Waals surface area contributed by atoms with Crippen LogP contribution in [0, 0.1) is 11.8 Å². The fourth-order valence-electron chi connectivity index (χ4n) is 3.40. The lowest BCUT2D eigenvalue weighted by molar-refractivity contribution is -0.146. The Kier molecular flexibility index (Phi) is 9.72. The summed E-state index contributed by atoms with van der Waals surface area (Å²) in [5.41, 5.74) is -1.96. The van der Waals surface area contributed by atoms with Gasteiger partial charge in [0.25, 0.3) is 0 Å². The van der Waals surface area contributed by atoms with Crippen molar-refractivity contribution in [2.75, 3.05) is 7.11 Å². The Labute approximate surface area is 191 Å². The maximum atomic E-state index is 13.2. The molecule has 1 aliphatic rings. The summed E-state index contributed by atoms with van der Waals surface area (Å²) in [6.45, 7) is 12.7. The number of hydrogen-bond donors (Lipinski definition) is 3. The number of amides is 3. The van der Waals surface area contributed by atoms with Gasteiger partial charge in [-0.2, -0.15) is 0 Å². The second-order valence-corrected chi connectivity index (χ2v) is 10.00. The first-order chi connectivity index (χ1) is 14.7. The molecular formula is C23H39N3O6. The summed E-state index contributed by atoms with van der Waals surface area (Å²) in [6.07, 6.45) is 3.87. The smallest absolute Gasteiger partial charge is 0.408 e. The standard InChI is InChI=1S/C23H39N3O6/c1-14(2)13-16(19(28)31-8)24-18(27)17(15(3)4)25-20(29)23(11-9-10-12-23)26-21(30)32-22(5,6)7/h9-10,14-17H,11-13H2,1-8H3,(H,24,27)(H,25,29)(H,26,30)/t16-,17+/m0/s1. The monoisotopic (exact) mass is 453 g/mol. The van der Waals surface area contributed by atoms with Gasteiger partial charge in [0.15, 0.2) is 0 Å². The minimum absolute atomic E-state index is 0.150. The molecule has 0 radical (unpaired) electrons. The average molecular weight is 454 g/mol.